The van der Waals surface area contributed by atoms with Gasteiger partial charge in [-0.3, -0.25) is 4.79 Å². The van der Waals surface area contributed by atoms with Gasteiger partial charge in [0.2, 0.25) is 0 Å². The van der Waals surface area contributed by atoms with Crippen LogP contribution in [0.1, 0.15) is 19.4 Å². The molecule has 3 N–H and O–H groups in total. The number of aliphatic hydroxyl groups is 1. The Hall–Kier alpha value is -1.13. The number of aromatic amines is 1. The van der Waals surface area contributed by atoms with Crippen molar-refractivity contribution in [1.29, 1.82) is 0 Å². The standard InChI is InChI=1S/C10H16N2O2/c1-10(2,14)7-11-6-8-4-3-5-12-9(8)13/h3-5,11,14H,6-7H2,1-2H3,(H,12,13). The van der Waals surface area contributed by atoms with Crippen LogP contribution in [0.2, 0.25) is 0 Å². The first-order valence-electron chi connectivity index (χ1n) is 4.59. The molecule has 0 unspecified atom stereocenters. The van der Waals surface area contributed by atoms with Crippen LogP contribution >= 0.6 is 0 Å². The Morgan fingerprint density at radius 2 is 2.29 bits per heavy atom. The monoisotopic (exact) mass is 196 g/mol. The summed E-state index contributed by atoms with van der Waals surface area (Å²) >= 11 is 0. The van der Waals surface area contributed by atoms with Crippen molar-refractivity contribution >= 4 is 0 Å². The lowest BCUT2D eigenvalue weighted by Gasteiger charge is -2.17. The van der Waals surface area contributed by atoms with Gasteiger partial charge < -0.3 is 15.4 Å². The summed E-state index contributed by atoms with van der Waals surface area (Å²) in [5.41, 5.74) is -0.158. The van der Waals surface area contributed by atoms with E-state index < -0.39 is 5.60 Å². The van der Waals surface area contributed by atoms with Gasteiger partial charge in [-0.05, 0) is 19.9 Å². The summed E-state index contributed by atoms with van der Waals surface area (Å²) in [7, 11) is 0. The normalized spacial score (nSPS) is 11.6. The molecule has 0 aliphatic rings. The molecule has 0 bridgehead atoms. The van der Waals surface area contributed by atoms with E-state index in [2.05, 4.69) is 10.3 Å². The number of rotatable bonds is 4. The van der Waals surface area contributed by atoms with Crippen molar-refractivity contribution < 1.29 is 5.11 Å². The lowest BCUT2D eigenvalue weighted by Crippen LogP contribution is -2.35. The van der Waals surface area contributed by atoms with Crippen LogP contribution in [0, 0.1) is 0 Å². The van der Waals surface area contributed by atoms with E-state index in [1.165, 1.54) is 0 Å². The van der Waals surface area contributed by atoms with Crippen molar-refractivity contribution in [3.8, 4) is 0 Å². The molecule has 1 aromatic heterocycles. The van der Waals surface area contributed by atoms with Gasteiger partial charge in [-0.1, -0.05) is 6.07 Å². The van der Waals surface area contributed by atoms with Gasteiger partial charge in [-0.2, -0.15) is 0 Å². The smallest absolute Gasteiger partial charge is 0.252 e. The maximum atomic E-state index is 11.2. The molecule has 0 aliphatic carbocycles. The molecule has 78 valence electrons. The third-order valence-corrected chi connectivity index (χ3v) is 1.77. The van der Waals surface area contributed by atoms with Crippen LogP contribution in [-0.4, -0.2) is 22.2 Å². The van der Waals surface area contributed by atoms with Crippen LogP contribution in [0.5, 0.6) is 0 Å². The molecule has 0 aliphatic heterocycles. The fourth-order valence-electron chi connectivity index (χ4n) is 1.10. The third kappa shape index (κ3) is 3.72. The van der Waals surface area contributed by atoms with E-state index in [1.54, 1.807) is 32.2 Å². The van der Waals surface area contributed by atoms with E-state index in [0.717, 1.165) is 0 Å². The van der Waals surface area contributed by atoms with E-state index in [-0.39, 0.29) is 5.56 Å². The Balaban J connectivity index is 2.47. The molecular formula is C10H16N2O2. The number of aromatic nitrogens is 1. The average Bonchev–Trinajstić information content (AvgIpc) is 2.06. The quantitative estimate of drug-likeness (QED) is 0.646. The van der Waals surface area contributed by atoms with Crippen LogP contribution < -0.4 is 10.9 Å². The van der Waals surface area contributed by atoms with E-state index in [4.69, 9.17) is 0 Å². The predicted octanol–water partition coefficient (Wildman–Crippen LogP) is 0.235. The zero-order valence-electron chi connectivity index (χ0n) is 8.50. The average molecular weight is 196 g/mol. The number of pyridine rings is 1. The highest BCUT2D eigenvalue weighted by Crippen LogP contribution is 1.98. The molecule has 0 spiro atoms. The molecule has 0 amide bonds. The van der Waals surface area contributed by atoms with Crippen LogP contribution in [-0.2, 0) is 6.54 Å². The third-order valence-electron chi connectivity index (χ3n) is 1.77. The summed E-state index contributed by atoms with van der Waals surface area (Å²) in [5.74, 6) is 0. The van der Waals surface area contributed by atoms with Crippen molar-refractivity contribution in [3.05, 3.63) is 34.2 Å². The summed E-state index contributed by atoms with van der Waals surface area (Å²) in [6, 6.07) is 3.54. The van der Waals surface area contributed by atoms with Gasteiger partial charge in [0.25, 0.3) is 5.56 Å². The topological polar surface area (TPSA) is 65.1 Å². The summed E-state index contributed by atoms with van der Waals surface area (Å²) in [6.07, 6.45) is 1.60. The van der Waals surface area contributed by atoms with Gasteiger partial charge in [0.1, 0.15) is 0 Å². The molecule has 4 heteroatoms. The second-order valence-corrected chi connectivity index (χ2v) is 3.94. The zero-order valence-corrected chi connectivity index (χ0v) is 8.50. The van der Waals surface area contributed by atoms with Crippen LogP contribution in [0.15, 0.2) is 23.1 Å². The molecular weight excluding hydrogens is 180 g/mol. The minimum Gasteiger partial charge on any atom is -0.389 e. The molecule has 0 saturated heterocycles. The first-order valence-corrected chi connectivity index (χ1v) is 4.59. The van der Waals surface area contributed by atoms with Crippen molar-refractivity contribution in [2.24, 2.45) is 0 Å². The fourth-order valence-corrected chi connectivity index (χ4v) is 1.10. The number of H-pyrrole nitrogens is 1. The van der Waals surface area contributed by atoms with Crippen molar-refractivity contribution in [2.45, 2.75) is 26.0 Å². The zero-order chi connectivity index (χ0) is 10.6. The highest BCUT2D eigenvalue weighted by atomic mass is 16.3. The maximum absolute atomic E-state index is 11.2. The summed E-state index contributed by atoms with van der Waals surface area (Å²) in [5, 5.41) is 12.4. The minimum absolute atomic E-state index is 0.0873. The lowest BCUT2D eigenvalue weighted by molar-refractivity contribution is 0.0795. The number of hydrogen-bond acceptors (Lipinski definition) is 3. The van der Waals surface area contributed by atoms with Crippen molar-refractivity contribution in [2.75, 3.05) is 6.54 Å². The van der Waals surface area contributed by atoms with Crippen molar-refractivity contribution in [3.63, 3.8) is 0 Å². The molecule has 0 saturated carbocycles. The van der Waals surface area contributed by atoms with Crippen LogP contribution in [0.25, 0.3) is 0 Å². The van der Waals surface area contributed by atoms with Gasteiger partial charge in [0.05, 0.1) is 5.60 Å². The maximum Gasteiger partial charge on any atom is 0.252 e. The summed E-state index contributed by atoms with van der Waals surface area (Å²) in [6.45, 7) is 4.37. The van der Waals surface area contributed by atoms with Crippen LogP contribution in [0.4, 0.5) is 0 Å². The van der Waals surface area contributed by atoms with Gasteiger partial charge >= 0.3 is 0 Å². The molecule has 0 fully saturated rings. The Morgan fingerprint density at radius 1 is 1.57 bits per heavy atom. The highest BCUT2D eigenvalue weighted by Gasteiger charge is 2.11. The highest BCUT2D eigenvalue weighted by molar-refractivity contribution is 5.08. The van der Waals surface area contributed by atoms with Gasteiger partial charge in [0, 0.05) is 24.8 Å². The second-order valence-electron chi connectivity index (χ2n) is 3.94. The molecule has 0 radical (unpaired) electrons. The Labute approximate surface area is 83.0 Å². The van der Waals surface area contributed by atoms with Gasteiger partial charge in [-0.25, -0.2) is 0 Å². The molecule has 4 nitrogen and oxygen atoms in total. The molecule has 1 heterocycles. The van der Waals surface area contributed by atoms with Gasteiger partial charge in [-0.15, -0.1) is 0 Å². The Kier molecular flexibility index (Phi) is 3.43. The SMILES string of the molecule is CC(C)(O)CNCc1ccc[nH]c1=O. The molecule has 0 aromatic carbocycles. The predicted molar refractivity (Wildman–Crippen MR) is 55.1 cm³/mol. The number of nitrogens with one attached hydrogen (secondary N) is 2. The Morgan fingerprint density at radius 3 is 2.86 bits per heavy atom. The van der Waals surface area contributed by atoms with Crippen LogP contribution in [0.3, 0.4) is 0 Å². The molecule has 0 atom stereocenters. The second kappa shape index (κ2) is 4.39. The molecule has 1 rings (SSSR count). The van der Waals surface area contributed by atoms with E-state index in [0.29, 0.717) is 18.7 Å². The van der Waals surface area contributed by atoms with E-state index >= 15 is 0 Å². The van der Waals surface area contributed by atoms with E-state index in [1.807, 2.05) is 0 Å². The summed E-state index contributed by atoms with van der Waals surface area (Å²) in [4.78, 5) is 13.8. The molecule has 1 aromatic rings. The lowest BCUT2D eigenvalue weighted by atomic mass is 10.1. The fraction of sp³-hybridized carbons (Fsp3) is 0.500. The summed E-state index contributed by atoms with van der Waals surface area (Å²) < 4.78 is 0. The largest absolute Gasteiger partial charge is 0.389 e. The number of hydrogen-bond donors (Lipinski definition) is 3. The first kappa shape index (κ1) is 10.9. The van der Waals surface area contributed by atoms with Crippen molar-refractivity contribution in [1.82, 2.24) is 10.3 Å². The molecule has 14 heavy (non-hydrogen) atoms. The first-order chi connectivity index (χ1) is 6.49. The van der Waals surface area contributed by atoms with Gasteiger partial charge in [0.15, 0.2) is 0 Å². The van der Waals surface area contributed by atoms with E-state index in [9.17, 15) is 9.90 Å². The minimum atomic E-state index is -0.748. The Bertz CT molecular complexity index is 338.